The fourth-order valence-electron chi connectivity index (χ4n) is 3.45. The van der Waals surface area contributed by atoms with Crippen LogP contribution in [0.4, 0.5) is 0 Å². The van der Waals surface area contributed by atoms with Crippen molar-refractivity contribution < 1.29 is 9.59 Å². The van der Waals surface area contributed by atoms with Crippen LogP contribution in [0.3, 0.4) is 0 Å². The maximum Gasteiger partial charge on any atom is 0.253 e. The summed E-state index contributed by atoms with van der Waals surface area (Å²) in [6, 6.07) is 7.63. The molecule has 0 bridgehead atoms. The number of carbonyl (C=O) groups excluding carboxylic acids is 2. The number of halogens is 1. The quantitative estimate of drug-likeness (QED) is 0.861. The summed E-state index contributed by atoms with van der Waals surface area (Å²) in [4.78, 5) is 26.5. The lowest BCUT2D eigenvalue weighted by Gasteiger charge is -2.26. The van der Waals surface area contributed by atoms with Gasteiger partial charge >= 0.3 is 0 Å². The molecule has 138 valence electrons. The van der Waals surface area contributed by atoms with Gasteiger partial charge in [0.05, 0.1) is 5.92 Å². The fourth-order valence-corrected chi connectivity index (χ4v) is 3.45. The molecule has 2 N–H and O–H groups in total. The minimum atomic E-state index is 0. The summed E-state index contributed by atoms with van der Waals surface area (Å²) in [5.74, 6) is 0.327. The summed E-state index contributed by atoms with van der Waals surface area (Å²) < 4.78 is 0. The number of piperidine rings is 2. The third-order valence-electron chi connectivity index (χ3n) is 4.98. The van der Waals surface area contributed by atoms with Crippen molar-refractivity contribution in [2.45, 2.75) is 38.6 Å². The van der Waals surface area contributed by atoms with Crippen molar-refractivity contribution in [2.24, 2.45) is 5.92 Å². The minimum absolute atomic E-state index is 0. The van der Waals surface area contributed by atoms with Crippen LogP contribution >= 0.6 is 12.4 Å². The van der Waals surface area contributed by atoms with Gasteiger partial charge in [-0.2, -0.15) is 0 Å². The molecule has 2 saturated heterocycles. The van der Waals surface area contributed by atoms with Crippen molar-refractivity contribution >= 4 is 24.2 Å². The first-order valence-electron chi connectivity index (χ1n) is 9.11. The minimum Gasteiger partial charge on any atom is -0.352 e. The van der Waals surface area contributed by atoms with Gasteiger partial charge in [0.25, 0.3) is 5.91 Å². The Balaban J connectivity index is 0.00000225. The molecule has 6 heteroatoms. The molecule has 1 unspecified atom stereocenters. The molecule has 1 aromatic rings. The van der Waals surface area contributed by atoms with E-state index in [0.717, 1.165) is 63.0 Å². The van der Waals surface area contributed by atoms with Gasteiger partial charge in [-0.3, -0.25) is 9.59 Å². The van der Waals surface area contributed by atoms with Crippen molar-refractivity contribution in [1.82, 2.24) is 15.5 Å². The Kier molecular flexibility index (Phi) is 7.72. The monoisotopic (exact) mass is 365 g/mol. The number of nitrogens with zero attached hydrogens (tertiary/aromatic N) is 1. The van der Waals surface area contributed by atoms with Crippen molar-refractivity contribution in [3.05, 3.63) is 35.4 Å². The normalized spacial score (nSPS) is 20.5. The predicted molar refractivity (Wildman–Crippen MR) is 101 cm³/mol. The van der Waals surface area contributed by atoms with Gasteiger partial charge in [-0.15, -0.1) is 12.4 Å². The lowest BCUT2D eigenvalue weighted by atomic mass is 9.99. The van der Waals surface area contributed by atoms with Gasteiger partial charge < -0.3 is 15.5 Å². The molecular formula is C19H28ClN3O2. The second-order valence-electron chi connectivity index (χ2n) is 6.81. The maximum atomic E-state index is 12.4. The average molecular weight is 366 g/mol. The summed E-state index contributed by atoms with van der Waals surface area (Å²) in [5.41, 5.74) is 1.77. The Morgan fingerprint density at radius 1 is 1.08 bits per heavy atom. The zero-order valence-electron chi connectivity index (χ0n) is 14.6. The highest BCUT2D eigenvalue weighted by molar-refractivity contribution is 5.94. The van der Waals surface area contributed by atoms with Crippen LogP contribution in [0.1, 0.15) is 48.0 Å². The van der Waals surface area contributed by atoms with E-state index in [2.05, 4.69) is 10.6 Å². The van der Waals surface area contributed by atoms with Gasteiger partial charge in [0.2, 0.25) is 5.91 Å². The molecule has 0 saturated carbocycles. The third kappa shape index (κ3) is 5.44. The Morgan fingerprint density at radius 2 is 1.80 bits per heavy atom. The van der Waals surface area contributed by atoms with E-state index >= 15 is 0 Å². The molecule has 2 aliphatic rings. The average Bonchev–Trinajstić information content (AvgIpc) is 2.67. The number of hydrogen-bond donors (Lipinski definition) is 2. The molecule has 25 heavy (non-hydrogen) atoms. The lowest BCUT2D eigenvalue weighted by Crippen LogP contribution is -2.40. The number of likely N-dealkylation sites (tertiary alicyclic amines) is 1. The van der Waals surface area contributed by atoms with Gasteiger partial charge in [0.15, 0.2) is 0 Å². The highest BCUT2D eigenvalue weighted by atomic mass is 35.5. The highest BCUT2D eigenvalue weighted by Gasteiger charge is 2.21. The van der Waals surface area contributed by atoms with E-state index in [1.807, 2.05) is 29.2 Å². The molecule has 2 heterocycles. The van der Waals surface area contributed by atoms with E-state index < -0.39 is 0 Å². The van der Waals surface area contributed by atoms with E-state index in [1.54, 1.807) is 0 Å². The Labute approximate surface area is 155 Å². The lowest BCUT2D eigenvalue weighted by molar-refractivity contribution is -0.125. The smallest absolute Gasteiger partial charge is 0.253 e. The number of nitrogens with one attached hydrogen (secondary N) is 2. The Bertz CT molecular complexity index is 565. The largest absolute Gasteiger partial charge is 0.352 e. The first-order valence-corrected chi connectivity index (χ1v) is 9.11. The van der Waals surface area contributed by atoms with Crippen LogP contribution in [-0.2, 0) is 11.3 Å². The molecule has 5 nitrogen and oxygen atoms in total. The molecule has 0 spiro atoms. The molecular weight excluding hydrogens is 338 g/mol. The maximum absolute atomic E-state index is 12.4. The molecule has 2 aliphatic heterocycles. The summed E-state index contributed by atoms with van der Waals surface area (Å²) in [5, 5.41) is 6.27. The molecule has 2 amide bonds. The van der Waals surface area contributed by atoms with Crippen LogP contribution < -0.4 is 10.6 Å². The molecule has 0 radical (unpaired) electrons. The van der Waals surface area contributed by atoms with E-state index in [4.69, 9.17) is 0 Å². The van der Waals surface area contributed by atoms with Gasteiger partial charge in [-0.25, -0.2) is 0 Å². The van der Waals surface area contributed by atoms with Gasteiger partial charge in [-0.1, -0.05) is 12.1 Å². The highest BCUT2D eigenvalue weighted by Crippen LogP contribution is 2.14. The van der Waals surface area contributed by atoms with Crippen molar-refractivity contribution in [3.8, 4) is 0 Å². The number of amides is 2. The molecule has 1 aromatic carbocycles. The molecule has 0 aromatic heterocycles. The molecule has 1 atom stereocenters. The van der Waals surface area contributed by atoms with E-state index in [1.165, 1.54) is 6.42 Å². The second kappa shape index (κ2) is 9.78. The number of rotatable bonds is 4. The summed E-state index contributed by atoms with van der Waals surface area (Å²) >= 11 is 0. The standard InChI is InChI=1S/C19H27N3O2.ClH/c23-18(17-5-4-10-20-14-17)21-13-15-6-8-16(9-7-15)19(24)22-11-2-1-3-12-22;/h6-9,17,20H,1-5,10-14H2,(H,21,23);1H. The van der Waals surface area contributed by atoms with Crippen LogP contribution in [-0.4, -0.2) is 42.9 Å². The Hall–Kier alpha value is -1.59. The number of benzene rings is 1. The zero-order valence-corrected chi connectivity index (χ0v) is 15.4. The van der Waals surface area contributed by atoms with E-state index in [9.17, 15) is 9.59 Å². The van der Waals surface area contributed by atoms with Crippen molar-refractivity contribution in [3.63, 3.8) is 0 Å². The molecule has 0 aliphatic carbocycles. The first kappa shape index (κ1) is 19.7. The van der Waals surface area contributed by atoms with Gasteiger partial charge in [0.1, 0.15) is 0 Å². The van der Waals surface area contributed by atoms with E-state index in [-0.39, 0.29) is 30.1 Å². The first-order chi connectivity index (χ1) is 11.7. The molecule has 2 fully saturated rings. The second-order valence-corrected chi connectivity index (χ2v) is 6.81. The SMILES string of the molecule is Cl.O=C(NCc1ccc(C(=O)N2CCCCC2)cc1)C1CCCNC1. The summed E-state index contributed by atoms with van der Waals surface area (Å²) in [6.45, 7) is 4.04. The van der Waals surface area contributed by atoms with Crippen molar-refractivity contribution in [2.75, 3.05) is 26.2 Å². The fraction of sp³-hybridized carbons (Fsp3) is 0.579. The van der Waals surface area contributed by atoms with E-state index in [0.29, 0.717) is 6.54 Å². The third-order valence-corrected chi connectivity index (χ3v) is 4.98. The number of carbonyl (C=O) groups is 2. The zero-order chi connectivity index (χ0) is 16.8. The van der Waals surface area contributed by atoms with Crippen LogP contribution in [0.25, 0.3) is 0 Å². The topological polar surface area (TPSA) is 61.4 Å². The van der Waals surface area contributed by atoms with Crippen LogP contribution in [0.15, 0.2) is 24.3 Å². The molecule has 3 rings (SSSR count). The Morgan fingerprint density at radius 3 is 2.44 bits per heavy atom. The van der Waals surface area contributed by atoms with Crippen molar-refractivity contribution in [1.29, 1.82) is 0 Å². The van der Waals surface area contributed by atoms with Crippen LogP contribution in [0, 0.1) is 5.92 Å². The van der Waals surface area contributed by atoms with Gasteiger partial charge in [0, 0.05) is 31.7 Å². The number of hydrogen-bond acceptors (Lipinski definition) is 3. The van der Waals surface area contributed by atoms with Crippen LogP contribution in [0.5, 0.6) is 0 Å². The summed E-state index contributed by atoms with van der Waals surface area (Å²) in [7, 11) is 0. The summed E-state index contributed by atoms with van der Waals surface area (Å²) in [6.07, 6.45) is 5.45. The van der Waals surface area contributed by atoms with Gasteiger partial charge in [-0.05, 0) is 56.3 Å². The predicted octanol–water partition coefficient (Wildman–Crippen LogP) is 2.35. The van der Waals surface area contributed by atoms with Crippen LogP contribution in [0.2, 0.25) is 0 Å².